The molecule has 0 aliphatic rings. The van der Waals surface area contributed by atoms with Crippen molar-refractivity contribution in [3.8, 4) is 11.3 Å². The predicted octanol–water partition coefficient (Wildman–Crippen LogP) is 4.13. The van der Waals surface area contributed by atoms with Crippen LogP contribution in [0.3, 0.4) is 0 Å². The van der Waals surface area contributed by atoms with E-state index in [1.165, 1.54) is 0 Å². The summed E-state index contributed by atoms with van der Waals surface area (Å²) in [4.78, 5) is 0. The van der Waals surface area contributed by atoms with Gasteiger partial charge in [0.25, 0.3) is 0 Å². The number of hydrogen-bond acceptors (Lipinski definition) is 2. The predicted molar refractivity (Wildman–Crippen MR) is 89.3 cm³/mol. The molecular formula is C14H17ClIN3. The summed E-state index contributed by atoms with van der Waals surface area (Å²) in [5.41, 5.74) is 9.25. The Morgan fingerprint density at radius 3 is 2.74 bits per heavy atom. The third-order valence-electron chi connectivity index (χ3n) is 2.99. The van der Waals surface area contributed by atoms with Gasteiger partial charge in [0.15, 0.2) is 0 Å². The number of benzene rings is 1. The van der Waals surface area contributed by atoms with Crippen molar-refractivity contribution >= 4 is 40.0 Å². The van der Waals surface area contributed by atoms with Crippen LogP contribution in [0.1, 0.15) is 19.4 Å². The van der Waals surface area contributed by atoms with Gasteiger partial charge in [-0.2, -0.15) is 5.10 Å². The molecule has 2 aromatic rings. The molecule has 1 heterocycles. The maximum Gasteiger partial charge on any atom is 0.125 e. The molecule has 0 amide bonds. The fourth-order valence-electron chi connectivity index (χ4n) is 2.09. The second kappa shape index (κ2) is 5.71. The molecule has 0 saturated carbocycles. The minimum absolute atomic E-state index is 0.530. The highest BCUT2D eigenvalue weighted by Gasteiger charge is 2.18. The quantitative estimate of drug-likeness (QED) is 0.802. The molecule has 2 rings (SSSR count). The van der Waals surface area contributed by atoms with Gasteiger partial charge < -0.3 is 5.73 Å². The van der Waals surface area contributed by atoms with Gasteiger partial charge in [-0.3, -0.25) is 4.68 Å². The summed E-state index contributed by atoms with van der Waals surface area (Å²) < 4.78 is 2.87. The highest BCUT2D eigenvalue weighted by molar-refractivity contribution is 14.1. The number of anilines is 1. The Kier molecular flexibility index (Phi) is 4.40. The first-order valence-electron chi connectivity index (χ1n) is 6.17. The van der Waals surface area contributed by atoms with Gasteiger partial charge in [-0.1, -0.05) is 25.4 Å². The second-order valence-corrected chi connectivity index (χ2v) is 6.66. The lowest BCUT2D eigenvalue weighted by Gasteiger charge is -2.08. The number of rotatable bonds is 3. The molecule has 0 radical (unpaired) electrons. The molecule has 0 fully saturated rings. The minimum Gasteiger partial charge on any atom is -0.384 e. The molecular weight excluding hydrogens is 373 g/mol. The first-order chi connectivity index (χ1) is 8.90. The Hall–Kier alpha value is -0.750. The van der Waals surface area contributed by atoms with Crippen molar-refractivity contribution in [1.29, 1.82) is 0 Å². The molecule has 0 aliphatic heterocycles. The van der Waals surface area contributed by atoms with Gasteiger partial charge in [-0.05, 0) is 53.1 Å². The van der Waals surface area contributed by atoms with E-state index >= 15 is 0 Å². The molecule has 0 unspecified atom stereocenters. The Morgan fingerprint density at radius 2 is 2.11 bits per heavy atom. The van der Waals surface area contributed by atoms with Gasteiger partial charge >= 0.3 is 0 Å². The number of nitrogens with two attached hydrogens (primary N) is 1. The third-order valence-corrected chi connectivity index (χ3v) is 4.17. The van der Waals surface area contributed by atoms with Crippen molar-refractivity contribution in [3.05, 3.63) is 32.4 Å². The highest BCUT2D eigenvalue weighted by Crippen LogP contribution is 2.33. The highest BCUT2D eigenvalue weighted by atomic mass is 127. The van der Waals surface area contributed by atoms with Gasteiger partial charge in [0.05, 0.1) is 5.69 Å². The van der Waals surface area contributed by atoms with E-state index in [-0.39, 0.29) is 0 Å². The molecule has 0 saturated heterocycles. The van der Waals surface area contributed by atoms with Crippen LogP contribution in [0.4, 0.5) is 5.82 Å². The lowest BCUT2D eigenvalue weighted by atomic mass is 9.99. The number of hydrogen-bond donors (Lipinski definition) is 1. The SMILES string of the molecule is CC(C)Cc1c(-c2cc(Cl)ccc2I)nn(C)c1N. The summed E-state index contributed by atoms with van der Waals surface area (Å²) in [6, 6.07) is 5.85. The Labute approximate surface area is 132 Å². The normalized spacial score (nSPS) is 11.3. The van der Waals surface area contributed by atoms with Crippen LogP contribution in [0.5, 0.6) is 0 Å². The maximum absolute atomic E-state index is 6.14. The van der Waals surface area contributed by atoms with Gasteiger partial charge in [0.2, 0.25) is 0 Å². The summed E-state index contributed by atoms with van der Waals surface area (Å²) in [7, 11) is 1.88. The molecule has 2 N–H and O–H groups in total. The van der Waals surface area contributed by atoms with Gasteiger partial charge in [0, 0.05) is 26.8 Å². The molecule has 0 atom stereocenters. The fraction of sp³-hybridized carbons (Fsp3) is 0.357. The molecule has 1 aromatic carbocycles. The van der Waals surface area contributed by atoms with E-state index in [9.17, 15) is 0 Å². The maximum atomic E-state index is 6.14. The molecule has 3 nitrogen and oxygen atoms in total. The molecule has 5 heteroatoms. The van der Waals surface area contributed by atoms with Crippen molar-refractivity contribution in [2.24, 2.45) is 13.0 Å². The lowest BCUT2D eigenvalue weighted by molar-refractivity contribution is 0.648. The molecule has 0 bridgehead atoms. The van der Waals surface area contributed by atoms with Gasteiger partial charge in [-0.15, -0.1) is 0 Å². The summed E-state index contributed by atoms with van der Waals surface area (Å²) in [6.45, 7) is 4.36. The van der Waals surface area contributed by atoms with Crippen molar-refractivity contribution < 1.29 is 0 Å². The van der Waals surface area contributed by atoms with Crippen molar-refractivity contribution in [2.45, 2.75) is 20.3 Å². The Balaban J connectivity index is 2.61. The first kappa shape index (κ1) is 14.7. The average Bonchev–Trinajstić information content (AvgIpc) is 2.60. The molecule has 102 valence electrons. The van der Waals surface area contributed by atoms with E-state index in [1.807, 2.05) is 25.2 Å². The number of aromatic nitrogens is 2. The van der Waals surface area contributed by atoms with Crippen LogP contribution in [-0.2, 0) is 13.5 Å². The van der Waals surface area contributed by atoms with E-state index in [0.717, 1.165) is 37.7 Å². The van der Waals surface area contributed by atoms with Crippen molar-refractivity contribution in [3.63, 3.8) is 0 Å². The monoisotopic (exact) mass is 389 g/mol. The van der Waals surface area contributed by atoms with Crippen LogP contribution in [0.2, 0.25) is 5.02 Å². The number of aryl methyl sites for hydroxylation is 1. The van der Waals surface area contributed by atoms with Crippen LogP contribution in [0.25, 0.3) is 11.3 Å². The van der Waals surface area contributed by atoms with E-state index in [1.54, 1.807) is 4.68 Å². The number of nitrogen functional groups attached to an aromatic ring is 1. The van der Waals surface area contributed by atoms with E-state index in [4.69, 9.17) is 17.3 Å². The van der Waals surface area contributed by atoms with Crippen molar-refractivity contribution in [2.75, 3.05) is 5.73 Å². The van der Waals surface area contributed by atoms with E-state index in [0.29, 0.717) is 5.92 Å². The first-order valence-corrected chi connectivity index (χ1v) is 7.62. The summed E-state index contributed by atoms with van der Waals surface area (Å²) in [6.07, 6.45) is 0.914. The summed E-state index contributed by atoms with van der Waals surface area (Å²) in [5.74, 6) is 1.27. The second-order valence-electron chi connectivity index (χ2n) is 5.06. The lowest BCUT2D eigenvalue weighted by Crippen LogP contribution is -2.02. The molecule has 19 heavy (non-hydrogen) atoms. The zero-order valence-corrected chi connectivity index (χ0v) is 14.2. The number of halogens is 2. The van der Waals surface area contributed by atoms with Gasteiger partial charge in [-0.25, -0.2) is 0 Å². The Morgan fingerprint density at radius 1 is 1.42 bits per heavy atom. The number of nitrogens with zero attached hydrogens (tertiary/aromatic N) is 2. The fourth-order valence-corrected chi connectivity index (χ4v) is 2.85. The zero-order valence-electron chi connectivity index (χ0n) is 11.2. The molecule has 0 aliphatic carbocycles. The topological polar surface area (TPSA) is 43.8 Å². The van der Waals surface area contributed by atoms with Crippen LogP contribution < -0.4 is 5.73 Å². The van der Waals surface area contributed by atoms with Crippen molar-refractivity contribution in [1.82, 2.24) is 9.78 Å². The summed E-state index contributed by atoms with van der Waals surface area (Å²) in [5, 5.41) is 5.28. The average molecular weight is 390 g/mol. The standard InChI is InChI=1S/C14H17ClIN3/c1-8(2)6-11-13(18-19(3)14(11)17)10-7-9(15)4-5-12(10)16/h4-5,7-8H,6,17H2,1-3H3. The largest absolute Gasteiger partial charge is 0.384 e. The van der Waals surface area contributed by atoms with Gasteiger partial charge in [0.1, 0.15) is 5.82 Å². The van der Waals surface area contributed by atoms with E-state index < -0.39 is 0 Å². The Bertz CT molecular complexity index is 605. The van der Waals surface area contributed by atoms with Crippen LogP contribution in [-0.4, -0.2) is 9.78 Å². The summed E-state index contributed by atoms with van der Waals surface area (Å²) >= 11 is 8.41. The van der Waals surface area contributed by atoms with E-state index in [2.05, 4.69) is 41.5 Å². The molecule has 1 aromatic heterocycles. The van der Waals surface area contributed by atoms with Crippen LogP contribution in [0.15, 0.2) is 18.2 Å². The third kappa shape index (κ3) is 3.05. The zero-order chi connectivity index (χ0) is 14.2. The van der Waals surface area contributed by atoms with Crippen LogP contribution >= 0.6 is 34.2 Å². The smallest absolute Gasteiger partial charge is 0.125 e. The van der Waals surface area contributed by atoms with Crippen LogP contribution in [0, 0.1) is 9.49 Å². The minimum atomic E-state index is 0.530. The molecule has 0 spiro atoms.